The van der Waals surface area contributed by atoms with Gasteiger partial charge in [-0.15, -0.1) is 0 Å². The largest absolute Gasteiger partial charge is 0.478 e. The number of hydrogen-bond acceptors (Lipinski definition) is 2. The van der Waals surface area contributed by atoms with E-state index in [4.69, 9.17) is 5.11 Å². The van der Waals surface area contributed by atoms with Gasteiger partial charge in [-0.25, -0.2) is 9.59 Å². The van der Waals surface area contributed by atoms with Gasteiger partial charge < -0.3 is 15.7 Å². The van der Waals surface area contributed by atoms with E-state index in [0.29, 0.717) is 13.1 Å². The van der Waals surface area contributed by atoms with Crippen molar-refractivity contribution in [1.29, 1.82) is 0 Å². The Hall–Kier alpha value is -2.82. The Morgan fingerprint density at radius 1 is 0.810 bits per heavy atom. The van der Waals surface area contributed by atoms with E-state index in [2.05, 4.69) is 10.6 Å². The molecule has 0 bridgehead atoms. The third kappa shape index (κ3) is 4.65. The van der Waals surface area contributed by atoms with Crippen LogP contribution in [0.25, 0.3) is 0 Å². The van der Waals surface area contributed by atoms with Gasteiger partial charge in [0, 0.05) is 13.1 Å². The lowest BCUT2D eigenvalue weighted by Crippen LogP contribution is -2.34. The van der Waals surface area contributed by atoms with Gasteiger partial charge in [-0.1, -0.05) is 42.5 Å². The fraction of sp³-hybridized carbons (Fsp3) is 0.125. The van der Waals surface area contributed by atoms with Crippen LogP contribution in [0.5, 0.6) is 0 Å². The number of carboxylic acids is 1. The van der Waals surface area contributed by atoms with Gasteiger partial charge in [0.2, 0.25) is 0 Å². The molecule has 2 rings (SSSR count). The van der Waals surface area contributed by atoms with Gasteiger partial charge in [-0.05, 0) is 23.3 Å². The van der Waals surface area contributed by atoms with Crippen LogP contribution in [0.3, 0.4) is 0 Å². The second-order valence-electron chi connectivity index (χ2n) is 4.52. The van der Waals surface area contributed by atoms with E-state index in [1.54, 1.807) is 12.1 Å². The Balaban J connectivity index is 1.77. The van der Waals surface area contributed by atoms with Crippen molar-refractivity contribution in [2.24, 2.45) is 0 Å². The number of carboxylic acid groups (broad SMARTS) is 1. The average Bonchev–Trinajstić information content (AvgIpc) is 2.52. The summed E-state index contributed by atoms with van der Waals surface area (Å²) in [6, 6.07) is 15.8. The zero-order valence-electron chi connectivity index (χ0n) is 11.4. The number of urea groups is 1. The predicted molar refractivity (Wildman–Crippen MR) is 78.9 cm³/mol. The quantitative estimate of drug-likeness (QED) is 0.788. The molecule has 0 aromatic heterocycles. The summed E-state index contributed by atoms with van der Waals surface area (Å²) < 4.78 is 0. The van der Waals surface area contributed by atoms with Gasteiger partial charge in [0.1, 0.15) is 0 Å². The molecular weight excluding hydrogens is 268 g/mol. The molecule has 0 heterocycles. The van der Waals surface area contributed by atoms with Gasteiger partial charge in [-0.3, -0.25) is 0 Å². The number of aromatic carboxylic acids is 1. The van der Waals surface area contributed by atoms with Gasteiger partial charge in [0.25, 0.3) is 0 Å². The first-order chi connectivity index (χ1) is 10.1. The van der Waals surface area contributed by atoms with Gasteiger partial charge in [0.15, 0.2) is 0 Å². The van der Waals surface area contributed by atoms with E-state index in [0.717, 1.165) is 11.1 Å². The molecule has 5 heteroatoms. The zero-order valence-corrected chi connectivity index (χ0v) is 11.4. The van der Waals surface area contributed by atoms with Crippen LogP contribution in [0.1, 0.15) is 21.5 Å². The lowest BCUT2D eigenvalue weighted by Gasteiger charge is -2.08. The summed E-state index contributed by atoms with van der Waals surface area (Å²) in [6.45, 7) is 0.811. The standard InChI is InChI=1S/C16H16N2O3/c19-15(20)14-8-6-13(7-9-14)11-18-16(21)17-10-12-4-2-1-3-5-12/h1-9H,10-11H2,(H,19,20)(H2,17,18,21). The highest BCUT2D eigenvalue weighted by atomic mass is 16.4. The summed E-state index contributed by atoms with van der Waals surface area (Å²) in [5.74, 6) is -0.963. The second kappa shape index (κ2) is 7.09. The second-order valence-corrected chi connectivity index (χ2v) is 4.52. The highest BCUT2D eigenvalue weighted by molar-refractivity contribution is 5.87. The van der Waals surface area contributed by atoms with Crippen molar-refractivity contribution in [2.75, 3.05) is 0 Å². The summed E-state index contributed by atoms with van der Waals surface area (Å²) in [7, 11) is 0. The lowest BCUT2D eigenvalue weighted by atomic mass is 10.1. The molecule has 0 fully saturated rings. The van der Waals surface area contributed by atoms with E-state index >= 15 is 0 Å². The molecule has 0 saturated heterocycles. The molecule has 0 spiro atoms. The number of nitrogens with one attached hydrogen (secondary N) is 2. The molecule has 0 radical (unpaired) electrons. The first-order valence-electron chi connectivity index (χ1n) is 6.53. The van der Waals surface area contributed by atoms with Gasteiger partial charge in [-0.2, -0.15) is 0 Å². The van der Waals surface area contributed by atoms with Crippen molar-refractivity contribution >= 4 is 12.0 Å². The highest BCUT2D eigenvalue weighted by Gasteiger charge is 2.03. The number of amides is 2. The summed E-state index contributed by atoms with van der Waals surface area (Å²) in [4.78, 5) is 22.4. The van der Waals surface area contributed by atoms with Crippen molar-refractivity contribution in [3.63, 3.8) is 0 Å². The maximum Gasteiger partial charge on any atom is 0.335 e. The third-order valence-electron chi connectivity index (χ3n) is 2.95. The molecule has 0 aliphatic heterocycles. The van der Waals surface area contributed by atoms with Crippen molar-refractivity contribution in [2.45, 2.75) is 13.1 Å². The molecule has 0 saturated carbocycles. The average molecular weight is 284 g/mol. The molecule has 2 aromatic rings. The SMILES string of the molecule is O=C(NCc1ccccc1)NCc1ccc(C(=O)O)cc1. The number of carbonyl (C=O) groups is 2. The van der Waals surface area contributed by atoms with Crippen LogP contribution in [0.4, 0.5) is 4.79 Å². The maximum absolute atomic E-state index is 11.6. The Labute approximate surface area is 122 Å². The molecular formula is C16H16N2O3. The van der Waals surface area contributed by atoms with E-state index in [1.807, 2.05) is 30.3 Å². The molecule has 0 unspecified atom stereocenters. The fourth-order valence-electron chi connectivity index (χ4n) is 1.79. The smallest absolute Gasteiger partial charge is 0.335 e. The molecule has 0 aliphatic rings. The summed E-state index contributed by atoms with van der Waals surface area (Å²) in [5.41, 5.74) is 2.10. The van der Waals surface area contributed by atoms with Crippen LogP contribution >= 0.6 is 0 Å². The minimum atomic E-state index is -0.963. The number of hydrogen-bond donors (Lipinski definition) is 3. The third-order valence-corrected chi connectivity index (χ3v) is 2.95. The lowest BCUT2D eigenvalue weighted by molar-refractivity contribution is 0.0697. The number of rotatable bonds is 5. The van der Waals surface area contributed by atoms with E-state index in [9.17, 15) is 9.59 Å². The van der Waals surface area contributed by atoms with Crippen LogP contribution in [-0.4, -0.2) is 17.1 Å². The Bertz CT molecular complexity index is 609. The van der Waals surface area contributed by atoms with Crippen LogP contribution in [0, 0.1) is 0 Å². The van der Waals surface area contributed by atoms with E-state index < -0.39 is 5.97 Å². The maximum atomic E-state index is 11.6. The Kier molecular flexibility index (Phi) is 4.93. The molecule has 108 valence electrons. The van der Waals surface area contributed by atoms with E-state index in [-0.39, 0.29) is 11.6 Å². The van der Waals surface area contributed by atoms with Crippen LogP contribution in [-0.2, 0) is 13.1 Å². The van der Waals surface area contributed by atoms with Crippen molar-refractivity contribution in [3.05, 3.63) is 71.3 Å². The van der Waals surface area contributed by atoms with Crippen LogP contribution < -0.4 is 10.6 Å². The zero-order chi connectivity index (χ0) is 15.1. The molecule has 0 aliphatic carbocycles. The monoisotopic (exact) mass is 284 g/mol. The molecule has 0 atom stereocenters. The topological polar surface area (TPSA) is 78.4 Å². The Morgan fingerprint density at radius 3 is 1.86 bits per heavy atom. The normalized spacial score (nSPS) is 9.90. The van der Waals surface area contributed by atoms with Gasteiger partial charge in [0.05, 0.1) is 5.56 Å². The summed E-state index contributed by atoms with van der Waals surface area (Å²) >= 11 is 0. The minimum Gasteiger partial charge on any atom is -0.478 e. The predicted octanol–water partition coefficient (Wildman–Crippen LogP) is 2.38. The first-order valence-corrected chi connectivity index (χ1v) is 6.53. The Morgan fingerprint density at radius 2 is 1.33 bits per heavy atom. The van der Waals surface area contributed by atoms with Gasteiger partial charge >= 0.3 is 12.0 Å². The highest BCUT2D eigenvalue weighted by Crippen LogP contribution is 2.04. The van der Waals surface area contributed by atoms with Crippen LogP contribution in [0.15, 0.2) is 54.6 Å². The van der Waals surface area contributed by atoms with Crippen LogP contribution in [0.2, 0.25) is 0 Å². The molecule has 3 N–H and O–H groups in total. The molecule has 2 aromatic carbocycles. The van der Waals surface area contributed by atoms with Crippen molar-refractivity contribution < 1.29 is 14.7 Å². The summed E-state index contributed by atoms with van der Waals surface area (Å²) in [5, 5.41) is 14.3. The number of carbonyl (C=O) groups excluding carboxylic acids is 1. The molecule has 2 amide bonds. The van der Waals surface area contributed by atoms with Crippen molar-refractivity contribution in [1.82, 2.24) is 10.6 Å². The first kappa shape index (κ1) is 14.6. The molecule has 5 nitrogen and oxygen atoms in total. The summed E-state index contributed by atoms with van der Waals surface area (Å²) in [6.07, 6.45) is 0. The number of benzene rings is 2. The molecule has 21 heavy (non-hydrogen) atoms. The fourth-order valence-corrected chi connectivity index (χ4v) is 1.79. The van der Waals surface area contributed by atoms with E-state index in [1.165, 1.54) is 12.1 Å². The minimum absolute atomic E-state index is 0.229. The van der Waals surface area contributed by atoms with Crippen molar-refractivity contribution in [3.8, 4) is 0 Å².